The number of halogens is 1. The quantitative estimate of drug-likeness (QED) is 0.731. The standard InChI is InChI=1S/C18H26ClN3OS/c1-13(9-14-5-7-15(19)8-6-14)10-18(23,17(2,3)4)11-22-16(24)20-12-21-22/h5-8,12-13,23H,9-11H2,1-4H3,(H,20,21,24). The number of rotatable bonds is 6. The maximum Gasteiger partial charge on any atom is 0.195 e. The summed E-state index contributed by atoms with van der Waals surface area (Å²) < 4.78 is 2.19. The number of hydrogen-bond donors (Lipinski definition) is 2. The number of aromatic nitrogens is 3. The monoisotopic (exact) mass is 367 g/mol. The van der Waals surface area contributed by atoms with E-state index in [0.29, 0.717) is 23.7 Å². The van der Waals surface area contributed by atoms with Gasteiger partial charge in [-0.05, 0) is 54.1 Å². The van der Waals surface area contributed by atoms with E-state index in [1.54, 1.807) is 11.0 Å². The molecule has 0 aliphatic heterocycles. The third-order valence-corrected chi connectivity index (χ3v) is 5.19. The molecule has 0 amide bonds. The fourth-order valence-electron chi connectivity index (χ4n) is 2.92. The van der Waals surface area contributed by atoms with Gasteiger partial charge >= 0.3 is 0 Å². The Hall–Kier alpha value is -1.17. The summed E-state index contributed by atoms with van der Waals surface area (Å²) in [6, 6.07) is 7.89. The lowest BCUT2D eigenvalue weighted by Crippen LogP contribution is -2.48. The number of H-pyrrole nitrogens is 1. The minimum atomic E-state index is -0.910. The van der Waals surface area contributed by atoms with Crippen LogP contribution in [-0.4, -0.2) is 25.5 Å². The molecule has 4 nitrogen and oxygen atoms in total. The summed E-state index contributed by atoms with van der Waals surface area (Å²) in [6.45, 7) is 8.70. The minimum absolute atomic E-state index is 0.297. The predicted octanol–water partition coefficient (Wildman–Crippen LogP) is 4.64. The number of nitrogens with one attached hydrogen (secondary N) is 1. The van der Waals surface area contributed by atoms with Crippen LogP contribution in [0.15, 0.2) is 30.6 Å². The van der Waals surface area contributed by atoms with Gasteiger partial charge in [-0.2, -0.15) is 5.10 Å². The molecule has 132 valence electrons. The Bertz CT molecular complexity index is 717. The van der Waals surface area contributed by atoms with E-state index < -0.39 is 5.60 Å². The summed E-state index contributed by atoms with van der Waals surface area (Å²) >= 11 is 11.2. The molecule has 1 aromatic carbocycles. The SMILES string of the molecule is CC(Cc1ccc(Cl)cc1)CC(O)(Cn1nc[nH]c1=S)C(C)(C)C. The predicted molar refractivity (Wildman–Crippen MR) is 101 cm³/mol. The normalized spacial score (nSPS) is 15.9. The van der Waals surface area contributed by atoms with Crippen molar-refractivity contribution >= 4 is 23.8 Å². The summed E-state index contributed by atoms with van der Waals surface area (Å²) in [5, 5.41) is 16.3. The van der Waals surface area contributed by atoms with E-state index in [9.17, 15) is 5.11 Å². The Kier molecular flexibility index (Phi) is 5.89. The molecule has 0 radical (unpaired) electrons. The molecule has 2 N–H and O–H groups in total. The van der Waals surface area contributed by atoms with Crippen LogP contribution < -0.4 is 0 Å². The molecule has 0 aliphatic rings. The Morgan fingerprint density at radius 3 is 2.42 bits per heavy atom. The fourth-order valence-corrected chi connectivity index (χ4v) is 3.21. The van der Waals surface area contributed by atoms with E-state index in [1.807, 2.05) is 24.3 Å². The Morgan fingerprint density at radius 2 is 1.92 bits per heavy atom. The molecule has 0 saturated carbocycles. The van der Waals surface area contributed by atoms with E-state index in [4.69, 9.17) is 23.8 Å². The van der Waals surface area contributed by atoms with Crippen LogP contribution in [-0.2, 0) is 13.0 Å². The van der Waals surface area contributed by atoms with Crippen LogP contribution in [0.4, 0.5) is 0 Å². The zero-order valence-electron chi connectivity index (χ0n) is 14.7. The second-order valence-corrected chi connectivity index (χ2v) is 8.50. The lowest BCUT2D eigenvalue weighted by atomic mass is 9.71. The summed E-state index contributed by atoms with van der Waals surface area (Å²) in [5.41, 5.74) is 0.0147. The zero-order chi connectivity index (χ0) is 18.0. The van der Waals surface area contributed by atoms with Gasteiger partial charge in [-0.1, -0.05) is 51.4 Å². The van der Waals surface area contributed by atoms with Crippen LogP contribution in [0.25, 0.3) is 0 Å². The molecule has 0 spiro atoms. The average molecular weight is 368 g/mol. The smallest absolute Gasteiger partial charge is 0.195 e. The molecule has 0 aliphatic carbocycles. The van der Waals surface area contributed by atoms with Crippen molar-refractivity contribution in [2.24, 2.45) is 11.3 Å². The van der Waals surface area contributed by atoms with Gasteiger partial charge in [0.2, 0.25) is 0 Å². The van der Waals surface area contributed by atoms with Crippen molar-refractivity contribution < 1.29 is 5.11 Å². The summed E-state index contributed by atoms with van der Waals surface area (Å²) in [7, 11) is 0. The number of aromatic amines is 1. The van der Waals surface area contributed by atoms with Crippen LogP contribution in [0.2, 0.25) is 5.02 Å². The Morgan fingerprint density at radius 1 is 1.29 bits per heavy atom. The summed E-state index contributed by atoms with van der Waals surface area (Å²) in [6.07, 6.45) is 3.11. The van der Waals surface area contributed by atoms with Gasteiger partial charge in [0, 0.05) is 5.02 Å². The van der Waals surface area contributed by atoms with Crippen molar-refractivity contribution in [3.8, 4) is 0 Å². The Labute approximate surface area is 153 Å². The highest BCUT2D eigenvalue weighted by Crippen LogP contribution is 2.37. The molecule has 2 aromatic rings. The lowest BCUT2D eigenvalue weighted by molar-refractivity contribution is -0.0893. The molecule has 2 unspecified atom stereocenters. The van der Waals surface area contributed by atoms with Gasteiger partial charge in [0.1, 0.15) is 6.33 Å². The average Bonchev–Trinajstić information content (AvgIpc) is 2.85. The van der Waals surface area contributed by atoms with Gasteiger partial charge in [-0.25, -0.2) is 4.68 Å². The van der Waals surface area contributed by atoms with Crippen molar-refractivity contribution in [3.05, 3.63) is 45.9 Å². The molecule has 0 fully saturated rings. The summed E-state index contributed by atoms with van der Waals surface area (Å²) in [5.74, 6) is 0.309. The van der Waals surface area contributed by atoms with Crippen LogP contribution in [0, 0.1) is 16.1 Å². The van der Waals surface area contributed by atoms with Crippen LogP contribution in [0.3, 0.4) is 0 Å². The van der Waals surface area contributed by atoms with E-state index in [1.165, 1.54) is 5.56 Å². The molecule has 2 atom stereocenters. The molecular weight excluding hydrogens is 342 g/mol. The van der Waals surface area contributed by atoms with Crippen LogP contribution in [0.5, 0.6) is 0 Å². The van der Waals surface area contributed by atoms with E-state index in [2.05, 4.69) is 37.8 Å². The molecule has 6 heteroatoms. The fraction of sp³-hybridized carbons (Fsp3) is 0.556. The van der Waals surface area contributed by atoms with Gasteiger partial charge in [0.25, 0.3) is 0 Å². The van der Waals surface area contributed by atoms with Crippen molar-refractivity contribution in [3.63, 3.8) is 0 Å². The molecular formula is C18H26ClN3OS. The molecule has 2 rings (SSSR count). The first-order valence-corrected chi connectivity index (χ1v) is 8.97. The van der Waals surface area contributed by atoms with Gasteiger partial charge < -0.3 is 10.1 Å². The largest absolute Gasteiger partial charge is 0.387 e. The van der Waals surface area contributed by atoms with Crippen molar-refractivity contribution in [2.45, 2.75) is 52.7 Å². The second-order valence-electron chi connectivity index (χ2n) is 7.67. The molecule has 0 bridgehead atoms. The Balaban J connectivity index is 2.14. The third kappa shape index (κ3) is 4.68. The van der Waals surface area contributed by atoms with Gasteiger partial charge in [-0.15, -0.1) is 0 Å². The molecule has 1 heterocycles. The van der Waals surface area contributed by atoms with Gasteiger partial charge in [0.15, 0.2) is 4.77 Å². The lowest BCUT2D eigenvalue weighted by Gasteiger charge is -2.42. The molecule has 24 heavy (non-hydrogen) atoms. The van der Waals surface area contributed by atoms with Gasteiger partial charge in [-0.3, -0.25) is 0 Å². The molecule has 0 saturated heterocycles. The molecule has 1 aromatic heterocycles. The number of nitrogens with zero attached hydrogens (tertiary/aromatic N) is 2. The van der Waals surface area contributed by atoms with E-state index >= 15 is 0 Å². The highest BCUT2D eigenvalue weighted by atomic mass is 35.5. The van der Waals surface area contributed by atoms with Crippen molar-refractivity contribution in [2.75, 3.05) is 0 Å². The number of aliphatic hydroxyl groups is 1. The summed E-state index contributed by atoms with van der Waals surface area (Å²) in [4.78, 5) is 2.88. The maximum atomic E-state index is 11.4. The first-order chi connectivity index (χ1) is 11.1. The third-order valence-electron chi connectivity index (χ3n) is 4.61. The van der Waals surface area contributed by atoms with Crippen LogP contribution >= 0.6 is 23.8 Å². The first kappa shape index (κ1) is 19.2. The minimum Gasteiger partial charge on any atom is -0.387 e. The van der Waals surface area contributed by atoms with Crippen molar-refractivity contribution in [1.29, 1.82) is 0 Å². The van der Waals surface area contributed by atoms with Gasteiger partial charge in [0.05, 0.1) is 12.1 Å². The van der Waals surface area contributed by atoms with E-state index in [0.717, 1.165) is 11.4 Å². The highest BCUT2D eigenvalue weighted by Gasteiger charge is 2.41. The van der Waals surface area contributed by atoms with Crippen LogP contribution in [0.1, 0.15) is 39.7 Å². The second kappa shape index (κ2) is 7.38. The first-order valence-electron chi connectivity index (χ1n) is 8.18. The van der Waals surface area contributed by atoms with Crippen molar-refractivity contribution in [1.82, 2.24) is 14.8 Å². The number of hydrogen-bond acceptors (Lipinski definition) is 3. The zero-order valence-corrected chi connectivity index (χ0v) is 16.3. The highest BCUT2D eigenvalue weighted by molar-refractivity contribution is 7.71. The maximum absolute atomic E-state index is 11.4. The topological polar surface area (TPSA) is 53.8 Å². The van der Waals surface area contributed by atoms with E-state index in [-0.39, 0.29) is 5.41 Å². The number of benzene rings is 1.